The van der Waals surface area contributed by atoms with E-state index in [9.17, 15) is 0 Å². The fourth-order valence-corrected chi connectivity index (χ4v) is 2.17. The van der Waals surface area contributed by atoms with E-state index < -0.39 is 0 Å². The number of nitrogens with zero attached hydrogens (tertiary/aromatic N) is 2. The van der Waals surface area contributed by atoms with Gasteiger partial charge in [0.25, 0.3) is 0 Å². The lowest BCUT2D eigenvalue weighted by Gasteiger charge is -2.05. The molecule has 2 N–H and O–H groups in total. The largest absolute Gasteiger partial charge is 0.382 e. The van der Waals surface area contributed by atoms with E-state index >= 15 is 0 Å². The SMILES string of the molecule is CCCc1ccc(-c2c(C)c(N)nn2C)cc1. The second-order valence-electron chi connectivity index (χ2n) is 4.43. The van der Waals surface area contributed by atoms with Crippen LogP contribution >= 0.6 is 0 Å². The van der Waals surface area contributed by atoms with Crippen LogP contribution in [0.25, 0.3) is 11.3 Å². The van der Waals surface area contributed by atoms with Gasteiger partial charge in [0.05, 0.1) is 5.69 Å². The molecule has 0 aliphatic heterocycles. The standard InChI is InChI=1S/C14H19N3/c1-4-5-11-6-8-12(9-7-11)13-10(2)14(15)16-17(13)3/h6-9H,4-5H2,1-3H3,(H2,15,16). The molecule has 2 aromatic rings. The highest BCUT2D eigenvalue weighted by atomic mass is 15.3. The van der Waals surface area contributed by atoms with Crippen LogP contribution in [0.2, 0.25) is 0 Å². The quantitative estimate of drug-likeness (QED) is 0.879. The maximum absolute atomic E-state index is 5.82. The van der Waals surface area contributed by atoms with Crippen molar-refractivity contribution in [1.29, 1.82) is 0 Å². The normalized spacial score (nSPS) is 10.8. The smallest absolute Gasteiger partial charge is 0.148 e. The van der Waals surface area contributed by atoms with Crippen LogP contribution in [0, 0.1) is 6.92 Å². The zero-order chi connectivity index (χ0) is 12.4. The Bertz CT molecular complexity index is 509. The van der Waals surface area contributed by atoms with E-state index in [1.54, 1.807) is 0 Å². The van der Waals surface area contributed by atoms with Gasteiger partial charge < -0.3 is 5.73 Å². The van der Waals surface area contributed by atoms with Crippen LogP contribution in [0.1, 0.15) is 24.5 Å². The summed E-state index contributed by atoms with van der Waals surface area (Å²) in [6.07, 6.45) is 2.31. The average Bonchev–Trinajstić information content (AvgIpc) is 2.55. The number of hydrogen-bond acceptors (Lipinski definition) is 2. The van der Waals surface area contributed by atoms with Gasteiger partial charge in [-0.2, -0.15) is 5.10 Å². The Kier molecular flexibility index (Phi) is 3.18. The van der Waals surface area contributed by atoms with Crippen molar-refractivity contribution in [1.82, 2.24) is 9.78 Å². The van der Waals surface area contributed by atoms with Crippen molar-refractivity contribution < 1.29 is 0 Å². The lowest BCUT2D eigenvalue weighted by atomic mass is 10.0. The summed E-state index contributed by atoms with van der Waals surface area (Å²) < 4.78 is 1.85. The van der Waals surface area contributed by atoms with Gasteiger partial charge in [-0.1, -0.05) is 37.6 Å². The molecule has 0 atom stereocenters. The number of benzene rings is 1. The van der Waals surface area contributed by atoms with Crippen molar-refractivity contribution in [2.24, 2.45) is 7.05 Å². The van der Waals surface area contributed by atoms with Crippen molar-refractivity contribution in [2.45, 2.75) is 26.7 Å². The molecule has 2 rings (SSSR count). The predicted molar refractivity (Wildman–Crippen MR) is 71.8 cm³/mol. The number of aryl methyl sites for hydroxylation is 2. The zero-order valence-electron chi connectivity index (χ0n) is 10.7. The first kappa shape index (κ1) is 11.7. The maximum atomic E-state index is 5.82. The van der Waals surface area contributed by atoms with Gasteiger partial charge in [0.15, 0.2) is 0 Å². The summed E-state index contributed by atoms with van der Waals surface area (Å²) in [5, 5.41) is 4.24. The number of hydrogen-bond donors (Lipinski definition) is 1. The highest BCUT2D eigenvalue weighted by Crippen LogP contribution is 2.26. The molecule has 0 saturated carbocycles. The van der Waals surface area contributed by atoms with Gasteiger partial charge in [-0.05, 0) is 18.9 Å². The molecule has 3 heteroatoms. The summed E-state index contributed by atoms with van der Waals surface area (Å²) >= 11 is 0. The second-order valence-corrected chi connectivity index (χ2v) is 4.43. The van der Waals surface area contributed by atoms with E-state index in [1.165, 1.54) is 17.5 Å². The first-order valence-corrected chi connectivity index (χ1v) is 6.02. The minimum absolute atomic E-state index is 0.611. The first-order valence-electron chi connectivity index (χ1n) is 6.02. The lowest BCUT2D eigenvalue weighted by Crippen LogP contribution is -1.95. The fraction of sp³-hybridized carbons (Fsp3) is 0.357. The molecule has 0 aliphatic carbocycles. The summed E-state index contributed by atoms with van der Waals surface area (Å²) in [6, 6.07) is 8.66. The molecule has 1 aromatic heterocycles. The molecule has 1 heterocycles. The lowest BCUT2D eigenvalue weighted by molar-refractivity contribution is 0.780. The number of nitrogens with two attached hydrogens (primary N) is 1. The van der Waals surface area contributed by atoms with Crippen molar-refractivity contribution in [2.75, 3.05) is 5.73 Å². The molecular weight excluding hydrogens is 210 g/mol. The molecule has 3 nitrogen and oxygen atoms in total. The van der Waals surface area contributed by atoms with E-state index in [-0.39, 0.29) is 0 Å². The van der Waals surface area contributed by atoms with Crippen molar-refractivity contribution >= 4 is 5.82 Å². The van der Waals surface area contributed by atoms with Crippen LogP contribution < -0.4 is 5.73 Å². The summed E-state index contributed by atoms with van der Waals surface area (Å²) in [6.45, 7) is 4.21. The molecule has 0 fully saturated rings. The molecule has 0 aliphatic rings. The Labute approximate surface area is 102 Å². The monoisotopic (exact) mass is 229 g/mol. The summed E-state index contributed by atoms with van der Waals surface area (Å²) in [5.74, 6) is 0.611. The third-order valence-corrected chi connectivity index (χ3v) is 3.09. The minimum atomic E-state index is 0.611. The summed E-state index contributed by atoms with van der Waals surface area (Å²) in [7, 11) is 1.93. The third kappa shape index (κ3) is 2.18. The number of rotatable bonds is 3. The fourth-order valence-electron chi connectivity index (χ4n) is 2.17. The van der Waals surface area contributed by atoms with Gasteiger partial charge in [0, 0.05) is 18.2 Å². The highest BCUT2D eigenvalue weighted by molar-refractivity contribution is 5.68. The van der Waals surface area contributed by atoms with Crippen molar-refractivity contribution in [3.63, 3.8) is 0 Å². The van der Waals surface area contributed by atoms with E-state index in [2.05, 4.69) is 36.3 Å². The van der Waals surface area contributed by atoms with E-state index in [0.29, 0.717) is 5.82 Å². The Balaban J connectivity index is 2.39. The topological polar surface area (TPSA) is 43.8 Å². The number of anilines is 1. The van der Waals surface area contributed by atoms with Gasteiger partial charge >= 0.3 is 0 Å². The van der Waals surface area contributed by atoms with Gasteiger partial charge in [-0.25, -0.2) is 0 Å². The Morgan fingerprint density at radius 1 is 1.24 bits per heavy atom. The van der Waals surface area contributed by atoms with Gasteiger partial charge in [-0.15, -0.1) is 0 Å². The molecule has 0 radical (unpaired) electrons. The van der Waals surface area contributed by atoms with Crippen molar-refractivity contribution in [3.8, 4) is 11.3 Å². The van der Waals surface area contributed by atoms with Crippen LogP contribution in [0.4, 0.5) is 5.82 Å². The number of aromatic nitrogens is 2. The van der Waals surface area contributed by atoms with Gasteiger partial charge in [-0.3, -0.25) is 4.68 Å². The number of nitrogen functional groups attached to an aromatic ring is 1. The predicted octanol–water partition coefficient (Wildman–Crippen LogP) is 2.93. The molecule has 0 saturated heterocycles. The Hall–Kier alpha value is -1.77. The molecule has 0 unspecified atom stereocenters. The highest BCUT2D eigenvalue weighted by Gasteiger charge is 2.11. The third-order valence-electron chi connectivity index (χ3n) is 3.09. The maximum Gasteiger partial charge on any atom is 0.148 e. The van der Waals surface area contributed by atoms with E-state index in [4.69, 9.17) is 5.73 Å². The minimum Gasteiger partial charge on any atom is -0.382 e. The average molecular weight is 229 g/mol. The summed E-state index contributed by atoms with van der Waals surface area (Å²) in [4.78, 5) is 0. The van der Waals surface area contributed by atoms with Crippen LogP contribution in [-0.4, -0.2) is 9.78 Å². The first-order chi connectivity index (χ1) is 8.13. The Morgan fingerprint density at radius 3 is 2.35 bits per heavy atom. The molecule has 1 aromatic carbocycles. The second kappa shape index (κ2) is 4.62. The van der Waals surface area contributed by atoms with Crippen molar-refractivity contribution in [3.05, 3.63) is 35.4 Å². The molecule has 90 valence electrons. The van der Waals surface area contributed by atoms with Crippen LogP contribution in [0.15, 0.2) is 24.3 Å². The molecule has 0 bridgehead atoms. The van der Waals surface area contributed by atoms with Gasteiger partial charge in [0.1, 0.15) is 5.82 Å². The van der Waals surface area contributed by atoms with Crippen LogP contribution in [-0.2, 0) is 13.5 Å². The van der Waals surface area contributed by atoms with E-state index in [0.717, 1.165) is 17.7 Å². The zero-order valence-corrected chi connectivity index (χ0v) is 10.7. The van der Waals surface area contributed by atoms with Crippen LogP contribution in [0.5, 0.6) is 0 Å². The summed E-state index contributed by atoms with van der Waals surface area (Å²) in [5.41, 5.74) is 10.5. The van der Waals surface area contributed by atoms with E-state index in [1.807, 2.05) is 18.7 Å². The van der Waals surface area contributed by atoms with Crippen LogP contribution in [0.3, 0.4) is 0 Å². The molecule has 0 amide bonds. The molecule has 17 heavy (non-hydrogen) atoms. The molecular formula is C14H19N3. The van der Waals surface area contributed by atoms with Gasteiger partial charge in [0.2, 0.25) is 0 Å². The Morgan fingerprint density at radius 2 is 1.88 bits per heavy atom. The molecule has 0 spiro atoms.